The highest BCUT2D eigenvalue weighted by Gasteiger charge is 2.22. The van der Waals surface area contributed by atoms with Gasteiger partial charge >= 0.3 is 0 Å². The number of halogens is 2. The Morgan fingerprint density at radius 3 is 2.58 bits per heavy atom. The van der Waals surface area contributed by atoms with E-state index in [-0.39, 0.29) is 33.6 Å². The quantitative estimate of drug-likeness (QED) is 0.501. The van der Waals surface area contributed by atoms with Gasteiger partial charge < -0.3 is 5.73 Å². The van der Waals surface area contributed by atoms with E-state index in [9.17, 15) is 22.9 Å². The Morgan fingerprint density at radius 2 is 2.00 bits per heavy atom. The molecule has 0 aliphatic rings. The van der Waals surface area contributed by atoms with Gasteiger partial charge in [0, 0.05) is 24.7 Å². The third-order valence-corrected chi connectivity index (χ3v) is 5.94. The summed E-state index contributed by atoms with van der Waals surface area (Å²) in [7, 11) is -3.82. The number of non-ortho nitro benzene ring substituents is 1. The van der Waals surface area contributed by atoms with Crippen LogP contribution in [-0.4, -0.2) is 19.9 Å². The number of nitrogens with two attached hydrogens (primary N) is 1. The highest BCUT2D eigenvalue weighted by atomic mass is 79.9. The Kier molecular flexibility index (Phi) is 6.45. The zero-order valence-corrected chi connectivity index (χ0v) is 16.2. The molecule has 0 bridgehead atoms. The van der Waals surface area contributed by atoms with Crippen LogP contribution >= 0.6 is 15.9 Å². The summed E-state index contributed by atoms with van der Waals surface area (Å²) in [5.74, 6) is -0.452. The van der Waals surface area contributed by atoms with Crippen molar-refractivity contribution in [1.29, 1.82) is 0 Å². The Bertz CT molecular complexity index is 937. The van der Waals surface area contributed by atoms with Crippen LogP contribution < -0.4 is 10.5 Å². The molecule has 0 saturated carbocycles. The van der Waals surface area contributed by atoms with Gasteiger partial charge in [-0.2, -0.15) is 0 Å². The fourth-order valence-corrected chi connectivity index (χ4v) is 4.13. The summed E-state index contributed by atoms with van der Waals surface area (Å²) in [6.45, 7) is 1.81. The zero-order valence-electron chi connectivity index (χ0n) is 13.8. The van der Waals surface area contributed by atoms with Crippen molar-refractivity contribution >= 4 is 31.6 Å². The van der Waals surface area contributed by atoms with Crippen LogP contribution in [0.1, 0.15) is 24.1 Å². The predicted octanol–water partition coefficient (Wildman–Crippen LogP) is 3.04. The highest BCUT2D eigenvalue weighted by molar-refractivity contribution is 9.10. The number of benzene rings is 2. The molecule has 0 aliphatic carbocycles. The van der Waals surface area contributed by atoms with E-state index in [1.165, 1.54) is 30.3 Å². The van der Waals surface area contributed by atoms with Crippen LogP contribution in [0.5, 0.6) is 0 Å². The lowest BCUT2D eigenvalue weighted by atomic mass is 9.99. The lowest BCUT2D eigenvalue weighted by molar-refractivity contribution is -0.385. The average molecular weight is 446 g/mol. The second-order valence-electron chi connectivity index (χ2n) is 5.53. The molecular weight excluding hydrogens is 429 g/mol. The van der Waals surface area contributed by atoms with Crippen molar-refractivity contribution in [2.45, 2.75) is 24.3 Å². The molecule has 0 radical (unpaired) electrons. The molecule has 0 aliphatic heterocycles. The molecule has 0 fully saturated rings. The normalized spacial score (nSPS) is 12.8. The van der Waals surface area contributed by atoms with Crippen LogP contribution in [0.2, 0.25) is 0 Å². The number of nitrogens with zero attached hydrogens (tertiary/aromatic N) is 1. The monoisotopic (exact) mass is 445 g/mol. The van der Waals surface area contributed by atoms with E-state index in [2.05, 4.69) is 20.7 Å². The maximum atomic E-state index is 13.4. The van der Waals surface area contributed by atoms with Crippen molar-refractivity contribution in [2.75, 3.05) is 6.54 Å². The molecule has 3 N–H and O–H groups in total. The lowest BCUT2D eigenvalue weighted by Crippen LogP contribution is -2.25. The van der Waals surface area contributed by atoms with Gasteiger partial charge in [0.05, 0.1) is 14.3 Å². The van der Waals surface area contributed by atoms with E-state index in [1.807, 2.05) is 0 Å². The molecule has 7 nitrogen and oxygen atoms in total. The first-order valence-corrected chi connectivity index (χ1v) is 9.91. The predicted molar refractivity (Wildman–Crippen MR) is 98.7 cm³/mol. The molecule has 2 aromatic carbocycles. The van der Waals surface area contributed by atoms with Crippen molar-refractivity contribution in [2.24, 2.45) is 5.73 Å². The van der Waals surface area contributed by atoms with Gasteiger partial charge in [0.1, 0.15) is 5.82 Å². The van der Waals surface area contributed by atoms with Crippen molar-refractivity contribution in [3.63, 3.8) is 0 Å². The molecule has 2 rings (SSSR count). The maximum Gasteiger partial charge on any atom is 0.269 e. The second kappa shape index (κ2) is 8.21. The first-order chi connectivity index (χ1) is 12.2. The Morgan fingerprint density at radius 1 is 1.31 bits per heavy atom. The summed E-state index contributed by atoms with van der Waals surface area (Å²) in [5, 5.41) is 11.0. The SMILES string of the molecule is CCNS(=O)(=O)c1ccc([N+](=O)[O-])cc1C[C@H](N)c1ccc(F)c(Br)c1. The van der Waals surface area contributed by atoms with E-state index < -0.39 is 26.8 Å². The maximum absolute atomic E-state index is 13.4. The lowest BCUT2D eigenvalue weighted by Gasteiger charge is -2.16. The zero-order chi connectivity index (χ0) is 19.5. The van der Waals surface area contributed by atoms with Crippen molar-refractivity contribution in [1.82, 2.24) is 4.72 Å². The fourth-order valence-electron chi connectivity index (χ4n) is 2.47. The third kappa shape index (κ3) is 4.64. The van der Waals surface area contributed by atoms with Crippen LogP contribution in [-0.2, 0) is 16.4 Å². The molecular formula is C16H17BrFN3O4S. The highest BCUT2D eigenvalue weighted by Crippen LogP contribution is 2.27. The average Bonchev–Trinajstić information content (AvgIpc) is 2.56. The molecule has 0 saturated heterocycles. The number of hydrogen-bond donors (Lipinski definition) is 2. The van der Waals surface area contributed by atoms with Gasteiger partial charge in [-0.05, 0) is 51.7 Å². The van der Waals surface area contributed by atoms with Crippen molar-refractivity contribution < 1.29 is 17.7 Å². The largest absolute Gasteiger partial charge is 0.324 e. The molecule has 140 valence electrons. The van der Waals surface area contributed by atoms with Crippen LogP contribution in [0.4, 0.5) is 10.1 Å². The second-order valence-corrected chi connectivity index (χ2v) is 8.12. The van der Waals surface area contributed by atoms with E-state index in [4.69, 9.17) is 5.73 Å². The van der Waals surface area contributed by atoms with E-state index >= 15 is 0 Å². The molecule has 0 spiro atoms. The summed E-state index contributed by atoms with van der Waals surface area (Å²) < 4.78 is 40.7. The minimum Gasteiger partial charge on any atom is -0.324 e. The molecule has 0 unspecified atom stereocenters. The number of nitrogens with one attached hydrogen (secondary N) is 1. The molecule has 26 heavy (non-hydrogen) atoms. The fraction of sp³-hybridized carbons (Fsp3) is 0.250. The van der Waals surface area contributed by atoms with Gasteiger partial charge in [-0.1, -0.05) is 13.0 Å². The summed E-state index contributed by atoms with van der Waals surface area (Å²) in [6.07, 6.45) is 0.0275. The molecule has 0 amide bonds. The smallest absolute Gasteiger partial charge is 0.269 e. The summed E-state index contributed by atoms with van der Waals surface area (Å²) in [5.41, 5.74) is 6.68. The minimum atomic E-state index is -3.82. The number of nitro benzene ring substituents is 1. The van der Waals surface area contributed by atoms with Crippen molar-refractivity contribution in [3.05, 3.63) is 67.9 Å². The van der Waals surface area contributed by atoms with Gasteiger partial charge in [-0.25, -0.2) is 17.5 Å². The van der Waals surface area contributed by atoms with Gasteiger partial charge in [0.25, 0.3) is 5.69 Å². The van der Waals surface area contributed by atoms with Crippen LogP contribution in [0.3, 0.4) is 0 Å². The van der Waals surface area contributed by atoms with E-state index in [1.54, 1.807) is 6.92 Å². The van der Waals surface area contributed by atoms with Crippen molar-refractivity contribution in [3.8, 4) is 0 Å². The van der Waals surface area contributed by atoms with Gasteiger partial charge in [-0.15, -0.1) is 0 Å². The summed E-state index contributed by atoms with van der Waals surface area (Å²) in [6, 6.07) is 7.07. The Hall–Kier alpha value is -1.88. The van der Waals surface area contributed by atoms with Gasteiger partial charge in [0.15, 0.2) is 0 Å². The standard InChI is InChI=1S/C16H17BrFN3O4S/c1-2-20-26(24,25)16-6-4-12(21(22)23)7-11(16)9-15(19)10-3-5-14(18)13(17)8-10/h3-8,15,20H,2,9,19H2,1H3/t15-/m0/s1. The van der Waals surface area contributed by atoms with E-state index in [0.29, 0.717) is 5.56 Å². The minimum absolute atomic E-state index is 0.0275. The molecule has 0 aromatic heterocycles. The Labute approximate surface area is 158 Å². The number of hydrogen-bond acceptors (Lipinski definition) is 5. The van der Waals surface area contributed by atoms with E-state index in [0.717, 1.165) is 6.07 Å². The first kappa shape index (κ1) is 20.4. The van der Waals surface area contributed by atoms with Gasteiger partial charge in [-0.3, -0.25) is 10.1 Å². The van der Waals surface area contributed by atoms with Crippen LogP contribution in [0, 0.1) is 15.9 Å². The third-order valence-electron chi connectivity index (χ3n) is 3.69. The van der Waals surface area contributed by atoms with Gasteiger partial charge in [0.2, 0.25) is 10.0 Å². The topological polar surface area (TPSA) is 115 Å². The number of sulfonamides is 1. The number of nitro groups is 1. The molecule has 1 atom stereocenters. The molecule has 2 aromatic rings. The summed E-state index contributed by atoms with van der Waals surface area (Å²) >= 11 is 3.07. The number of rotatable bonds is 7. The molecule has 10 heteroatoms. The Balaban J connectivity index is 2.46. The van der Waals surface area contributed by atoms with Crippen LogP contribution in [0.25, 0.3) is 0 Å². The summed E-state index contributed by atoms with van der Waals surface area (Å²) in [4.78, 5) is 10.4. The first-order valence-electron chi connectivity index (χ1n) is 7.63. The van der Waals surface area contributed by atoms with Crippen LogP contribution in [0.15, 0.2) is 45.8 Å². The molecule has 0 heterocycles.